The molecule has 108 valence electrons. The second-order valence-electron chi connectivity index (χ2n) is 6.82. The maximum Gasteiger partial charge on any atom is 0.226 e. The van der Waals surface area contributed by atoms with Crippen LogP contribution >= 0.6 is 0 Å². The lowest BCUT2D eigenvalue weighted by Gasteiger charge is -2.40. The zero-order valence-corrected chi connectivity index (χ0v) is 11.9. The summed E-state index contributed by atoms with van der Waals surface area (Å²) in [6.45, 7) is 1.01. The number of fused-ring (bicyclic) bond motifs is 1. The molecule has 1 saturated heterocycles. The molecule has 2 aliphatic carbocycles. The fourth-order valence-electron chi connectivity index (χ4n) is 4.65. The zero-order chi connectivity index (χ0) is 13.2. The molecule has 1 heterocycles. The molecular weight excluding hydrogens is 238 g/mol. The third-order valence-corrected chi connectivity index (χ3v) is 5.76. The van der Waals surface area contributed by atoms with E-state index < -0.39 is 0 Å². The Morgan fingerprint density at radius 3 is 2.58 bits per heavy atom. The number of amides is 1. The number of aliphatic hydroxyl groups excluding tert-OH is 1. The summed E-state index contributed by atoms with van der Waals surface area (Å²) in [5.41, 5.74) is 0. The Labute approximate surface area is 116 Å². The van der Waals surface area contributed by atoms with Crippen LogP contribution in [0, 0.1) is 17.8 Å². The van der Waals surface area contributed by atoms with E-state index in [1.807, 2.05) is 4.90 Å². The van der Waals surface area contributed by atoms with Gasteiger partial charge >= 0.3 is 0 Å². The second kappa shape index (κ2) is 5.82. The second-order valence-corrected chi connectivity index (χ2v) is 6.82. The van der Waals surface area contributed by atoms with Gasteiger partial charge in [-0.1, -0.05) is 25.7 Å². The van der Waals surface area contributed by atoms with Gasteiger partial charge in [-0.2, -0.15) is 0 Å². The number of nitrogens with zero attached hydrogens (tertiary/aromatic N) is 1. The molecule has 3 aliphatic rings. The molecule has 4 unspecified atom stereocenters. The van der Waals surface area contributed by atoms with E-state index in [1.54, 1.807) is 0 Å². The summed E-state index contributed by atoms with van der Waals surface area (Å²) in [4.78, 5) is 14.6. The number of hydrogen-bond acceptors (Lipinski definition) is 2. The highest BCUT2D eigenvalue weighted by Gasteiger charge is 2.38. The third kappa shape index (κ3) is 2.67. The van der Waals surface area contributed by atoms with E-state index in [1.165, 1.54) is 32.1 Å². The van der Waals surface area contributed by atoms with Crippen LogP contribution in [0.25, 0.3) is 0 Å². The van der Waals surface area contributed by atoms with Crippen LogP contribution in [0.2, 0.25) is 0 Å². The van der Waals surface area contributed by atoms with Crippen LogP contribution in [0.1, 0.15) is 57.8 Å². The average Bonchev–Trinajstić information content (AvgIpc) is 2.94. The summed E-state index contributed by atoms with van der Waals surface area (Å²) in [5, 5.41) is 9.38. The Kier molecular flexibility index (Phi) is 4.11. The summed E-state index contributed by atoms with van der Waals surface area (Å²) >= 11 is 0. The first kappa shape index (κ1) is 13.4. The van der Waals surface area contributed by atoms with Gasteiger partial charge in [-0.15, -0.1) is 0 Å². The van der Waals surface area contributed by atoms with Crippen LogP contribution in [0.4, 0.5) is 0 Å². The lowest BCUT2D eigenvalue weighted by Crippen LogP contribution is -2.43. The SMILES string of the molecule is O=C(C1CCC2CCCCC2C1)N1CCCC1CO. The van der Waals surface area contributed by atoms with Crippen molar-refractivity contribution in [3.05, 3.63) is 0 Å². The molecular formula is C16H27NO2. The molecule has 3 fully saturated rings. The van der Waals surface area contributed by atoms with Crippen molar-refractivity contribution in [1.82, 2.24) is 4.90 Å². The molecule has 1 aliphatic heterocycles. The minimum absolute atomic E-state index is 0.108. The van der Waals surface area contributed by atoms with E-state index in [2.05, 4.69) is 0 Å². The lowest BCUT2D eigenvalue weighted by atomic mass is 9.67. The molecule has 0 aromatic heterocycles. The minimum Gasteiger partial charge on any atom is -0.394 e. The number of aliphatic hydroxyl groups is 1. The van der Waals surface area contributed by atoms with Gasteiger partial charge in [0.05, 0.1) is 12.6 Å². The molecule has 0 aromatic rings. The molecule has 19 heavy (non-hydrogen) atoms. The maximum absolute atomic E-state index is 12.7. The fraction of sp³-hybridized carbons (Fsp3) is 0.938. The lowest BCUT2D eigenvalue weighted by molar-refractivity contribution is -0.139. The summed E-state index contributed by atoms with van der Waals surface area (Å²) in [6.07, 6.45) is 11.0. The smallest absolute Gasteiger partial charge is 0.226 e. The van der Waals surface area contributed by atoms with Gasteiger partial charge in [0.25, 0.3) is 0 Å². The number of rotatable bonds is 2. The van der Waals surface area contributed by atoms with Crippen LogP contribution < -0.4 is 0 Å². The summed E-state index contributed by atoms with van der Waals surface area (Å²) < 4.78 is 0. The molecule has 2 saturated carbocycles. The van der Waals surface area contributed by atoms with Gasteiger partial charge < -0.3 is 10.0 Å². The topological polar surface area (TPSA) is 40.5 Å². The van der Waals surface area contributed by atoms with E-state index in [9.17, 15) is 9.90 Å². The number of likely N-dealkylation sites (tertiary alicyclic amines) is 1. The van der Waals surface area contributed by atoms with Crippen molar-refractivity contribution >= 4 is 5.91 Å². The van der Waals surface area contributed by atoms with Crippen LogP contribution in [0.5, 0.6) is 0 Å². The van der Waals surface area contributed by atoms with Gasteiger partial charge in [-0.25, -0.2) is 0 Å². The summed E-state index contributed by atoms with van der Waals surface area (Å²) in [6, 6.07) is 0.108. The molecule has 1 N–H and O–H groups in total. The van der Waals surface area contributed by atoms with Gasteiger partial charge in [0, 0.05) is 12.5 Å². The van der Waals surface area contributed by atoms with E-state index in [-0.39, 0.29) is 18.6 Å². The van der Waals surface area contributed by atoms with Crippen molar-refractivity contribution in [2.75, 3.05) is 13.2 Å². The van der Waals surface area contributed by atoms with Gasteiger partial charge in [-0.3, -0.25) is 4.79 Å². The maximum atomic E-state index is 12.7. The van der Waals surface area contributed by atoms with E-state index in [0.717, 1.165) is 44.1 Å². The average molecular weight is 265 g/mol. The van der Waals surface area contributed by atoms with Crippen LogP contribution in [0.3, 0.4) is 0 Å². The van der Waals surface area contributed by atoms with Crippen molar-refractivity contribution in [3.8, 4) is 0 Å². The molecule has 3 nitrogen and oxygen atoms in total. The Hall–Kier alpha value is -0.570. The van der Waals surface area contributed by atoms with Gasteiger partial charge in [-0.05, 0) is 43.9 Å². The van der Waals surface area contributed by atoms with Crippen LogP contribution in [0.15, 0.2) is 0 Å². The molecule has 4 atom stereocenters. The van der Waals surface area contributed by atoms with Gasteiger partial charge in [0.15, 0.2) is 0 Å². The molecule has 3 heteroatoms. The van der Waals surface area contributed by atoms with Crippen molar-refractivity contribution in [1.29, 1.82) is 0 Å². The van der Waals surface area contributed by atoms with Crippen LogP contribution in [-0.4, -0.2) is 35.1 Å². The van der Waals surface area contributed by atoms with E-state index in [4.69, 9.17) is 0 Å². The summed E-state index contributed by atoms with van der Waals surface area (Å²) in [5.74, 6) is 2.32. The summed E-state index contributed by atoms with van der Waals surface area (Å²) in [7, 11) is 0. The zero-order valence-electron chi connectivity index (χ0n) is 11.9. The van der Waals surface area contributed by atoms with Gasteiger partial charge in [0.2, 0.25) is 5.91 Å². The molecule has 0 aromatic carbocycles. The number of carbonyl (C=O) groups excluding carboxylic acids is 1. The number of hydrogen-bond donors (Lipinski definition) is 1. The monoisotopic (exact) mass is 265 g/mol. The molecule has 0 radical (unpaired) electrons. The first-order valence-electron chi connectivity index (χ1n) is 8.21. The van der Waals surface area contributed by atoms with Crippen LogP contribution in [-0.2, 0) is 4.79 Å². The fourth-order valence-corrected chi connectivity index (χ4v) is 4.65. The molecule has 1 amide bonds. The van der Waals surface area contributed by atoms with E-state index in [0.29, 0.717) is 5.91 Å². The highest BCUT2D eigenvalue weighted by molar-refractivity contribution is 5.79. The first-order chi connectivity index (χ1) is 9.29. The van der Waals surface area contributed by atoms with Crippen molar-refractivity contribution in [3.63, 3.8) is 0 Å². The number of carbonyl (C=O) groups is 1. The van der Waals surface area contributed by atoms with Gasteiger partial charge in [0.1, 0.15) is 0 Å². The molecule has 0 bridgehead atoms. The van der Waals surface area contributed by atoms with Crippen molar-refractivity contribution in [2.24, 2.45) is 17.8 Å². The Balaban J connectivity index is 1.61. The van der Waals surface area contributed by atoms with Crippen molar-refractivity contribution < 1.29 is 9.90 Å². The standard InChI is InChI=1S/C16H27NO2/c18-11-15-6-3-9-17(15)16(19)14-8-7-12-4-1-2-5-13(12)10-14/h12-15,18H,1-11H2. The molecule has 0 spiro atoms. The Morgan fingerprint density at radius 2 is 1.79 bits per heavy atom. The largest absolute Gasteiger partial charge is 0.394 e. The third-order valence-electron chi connectivity index (χ3n) is 5.76. The van der Waals surface area contributed by atoms with E-state index >= 15 is 0 Å². The predicted molar refractivity (Wildman–Crippen MR) is 74.6 cm³/mol. The Morgan fingerprint density at radius 1 is 1.00 bits per heavy atom. The predicted octanol–water partition coefficient (Wildman–Crippen LogP) is 2.58. The highest BCUT2D eigenvalue weighted by Crippen LogP contribution is 2.43. The highest BCUT2D eigenvalue weighted by atomic mass is 16.3. The quantitative estimate of drug-likeness (QED) is 0.833. The van der Waals surface area contributed by atoms with Crippen molar-refractivity contribution in [2.45, 2.75) is 63.8 Å². The Bertz CT molecular complexity index is 331. The minimum atomic E-state index is 0.108. The normalized spacial score (nSPS) is 39.1. The first-order valence-corrected chi connectivity index (χ1v) is 8.21. The molecule has 3 rings (SSSR count).